The van der Waals surface area contributed by atoms with Crippen LogP contribution in [0.25, 0.3) is 0 Å². The zero-order valence-electron chi connectivity index (χ0n) is 14.6. The Hall–Kier alpha value is -1.74. The molecule has 1 aromatic heterocycles. The third kappa shape index (κ3) is 3.83. The van der Waals surface area contributed by atoms with Gasteiger partial charge in [0, 0.05) is 17.0 Å². The van der Waals surface area contributed by atoms with Crippen LogP contribution in [0.4, 0.5) is 0 Å². The molecular formula is C18H22N2O4S2. The summed E-state index contributed by atoms with van der Waals surface area (Å²) in [5.74, 6) is -0.340. The van der Waals surface area contributed by atoms with E-state index in [0.717, 1.165) is 11.1 Å². The predicted octanol–water partition coefficient (Wildman–Crippen LogP) is 2.00. The van der Waals surface area contributed by atoms with Gasteiger partial charge >= 0.3 is 0 Å². The Balaban J connectivity index is 2.00. The smallest absolute Gasteiger partial charge is 0.251 e. The third-order valence-electron chi connectivity index (χ3n) is 4.72. The first-order valence-corrected chi connectivity index (χ1v) is 11.0. The number of carbonyl (C=O) groups excluding carboxylic acids is 1. The van der Waals surface area contributed by atoms with Gasteiger partial charge in [0.1, 0.15) is 0 Å². The number of rotatable bonds is 4. The minimum absolute atomic E-state index is 0.201. The van der Waals surface area contributed by atoms with E-state index < -0.39 is 27.7 Å². The molecule has 1 aromatic carbocycles. The fourth-order valence-corrected chi connectivity index (χ4v) is 5.34. The summed E-state index contributed by atoms with van der Waals surface area (Å²) in [5.41, 5.74) is -0.773. The van der Waals surface area contributed by atoms with Crippen molar-refractivity contribution < 1.29 is 18.3 Å². The molecule has 0 spiro atoms. The Labute approximate surface area is 157 Å². The summed E-state index contributed by atoms with van der Waals surface area (Å²) < 4.78 is 26.0. The molecule has 1 saturated heterocycles. The summed E-state index contributed by atoms with van der Waals surface area (Å²) in [6.07, 6.45) is 1.39. The number of carbonyl (C=O) groups is 1. The van der Waals surface area contributed by atoms with Crippen molar-refractivity contribution in [3.8, 4) is 0 Å². The topological polar surface area (TPSA) is 86.7 Å². The van der Waals surface area contributed by atoms with E-state index in [1.807, 2.05) is 23.6 Å². The molecule has 8 heteroatoms. The van der Waals surface area contributed by atoms with E-state index in [4.69, 9.17) is 0 Å². The summed E-state index contributed by atoms with van der Waals surface area (Å²) in [7, 11) is -3.51. The molecule has 0 bridgehead atoms. The number of piperidine rings is 1. The van der Waals surface area contributed by atoms with Crippen molar-refractivity contribution in [2.24, 2.45) is 0 Å². The van der Waals surface area contributed by atoms with Crippen LogP contribution in [0.5, 0.6) is 0 Å². The van der Waals surface area contributed by atoms with E-state index in [1.54, 1.807) is 31.2 Å². The van der Waals surface area contributed by atoms with Gasteiger partial charge in [-0.2, -0.15) is 4.31 Å². The van der Waals surface area contributed by atoms with Crippen LogP contribution >= 0.6 is 11.3 Å². The molecule has 1 amide bonds. The first kappa shape index (κ1) is 19.0. The minimum Gasteiger partial charge on any atom is -0.388 e. The normalized spacial score (nSPS) is 27.2. The standard InChI is InChI=1S/C18H22N2O4S2/c1-18(22)10-11-20(26(2,23)24)15(14-9-6-12-25-14)16(18)19-17(21)13-7-4-3-5-8-13/h3-9,12,15-16,22H,10-11H2,1-2H3,(H,19,21)/t15-,16-,18+/m0/s1. The van der Waals surface area contributed by atoms with Gasteiger partial charge in [-0.05, 0) is 36.9 Å². The first-order valence-electron chi connectivity index (χ1n) is 8.29. The lowest BCUT2D eigenvalue weighted by Gasteiger charge is -2.47. The molecule has 1 fully saturated rings. The SMILES string of the molecule is C[C@@]1(O)CCN(S(C)(=O)=O)[C@@H](c2cccs2)[C@@H]1NC(=O)c1ccccc1. The quantitative estimate of drug-likeness (QED) is 0.830. The Morgan fingerprint density at radius 1 is 1.27 bits per heavy atom. The number of thiophene rings is 1. The molecular weight excluding hydrogens is 372 g/mol. The van der Waals surface area contributed by atoms with Crippen molar-refractivity contribution >= 4 is 27.3 Å². The van der Waals surface area contributed by atoms with E-state index in [2.05, 4.69) is 5.32 Å². The van der Waals surface area contributed by atoms with Gasteiger partial charge in [0.05, 0.1) is 23.9 Å². The number of nitrogens with zero attached hydrogens (tertiary/aromatic N) is 1. The van der Waals surface area contributed by atoms with Crippen LogP contribution in [0.1, 0.15) is 34.6 Å². The average molecular weight is 395 g/mol. The molecule has 3 rings (SSSR count). The second-order valence-corrected chi connectivity index (χ2v) is 9.67. The number of benzene rings is 1. The minimum atomic E-state index is -3.51. The van der Waals surface area contributed by atoms with Gasteiger partial charge in [0.2, 0.25) is 10.0 Å². The zero-order valence-corrected chi connectivity index (χ0v) is 16.3. The highest BCUT2D eigenvalue weighted by molar-refractivity contribution is 7.88. The monoisotopic (exact) mass is 394 g/mol. The van der Waals surface area contributed by atoms with E-state index in [0.29, 0.717) is 5.56 Å². The number of amides is 1. The van der Waals surface area contributed by atoms with Crippen LogP contribution < -0.4 is 5.32 Å². The molecule has 1 aliphatic rings. The Morgan fingerprint density at radius 2 is 1.96 bits per heavy atom. The van der Waals surface area contributed by atoms with E-state index in [9.17, 15) is 18.3 Å². The van der Waals surface area contributed by atoms with Crippen molar-refractivity contribution in [2.45, 2.75) is 31.0 Å². The lowest BCUT2D eigenvalue weighted by molar-refractivity contribution is -0.0409. The van der Waals surface area contributed by atoms with Crippen LogP contribution in [0.15, 0.2) is 47.8 Å². The second kappa shape index (κ2) is 7.11. The zero-order chi connectivity index (χ0) is 18.9. The summed E-state index contributed by atoms with van der Waals surface area (Å²) in [6.45, 7) is 1.84. The van der Waals surface area contributed by atoms with Crippen LogP contribution in [-0.4, -0.2) is 48.2 Å². The molecule has 6 nitrogen and oxygen atoms in total. The maximum atomic E-state index is 12.7. The third-order valence-corrected chi connectivity index (χ3v) is 6.92. The van der Waals surface area contributed by atoms with Crippen molar-refractivity contribution in [3.05, 3.63) is 58.3 Å². The van der Waals surface area contributed by atoms with E-state index >= 15 is 0 Å². The molecule has 2 N–H and O–H groups in total. The number of hydrogen-bond acceptors (Lipinski definition) is 5. The first-order chi connectivity index (χ1) is 12.2. The summed E-state index contributed by atoms with van der Waals surface area (Å²) in [5, 5.41) is 15.7. The number of hydrogen-bond donors (Lipinski definition) is 2. The Bertz CT molecular complexity index is 864. The van der Waals surface area contributed by atoms with Gasteiger partial charge in [-0.3, -0.25) is 4.79 Å². The Morgan fingerprint density at radius 3 is 2.54 bits per heavy atom. The molecule has 2 heterocycles. The highest BCUT2D eigenvalue weighted by Gasteiger charge is 2.49. The van der Waals surface area contributed by atoms with Gasteiger partial charge < -0.3 is 10.4 Å². The van der Waals surface area contributed by atoms with Gasteiger partial charge in [-0.1, -0.05) is 24.3 Å². The van der Waals surface area contributed by atoms with Crippen LogP contribution in [0.2, 0.25) is 0 Å². The van der Waals surface area contributed by atoms with Crippen molar-refractivity contribution in [1.82, 2.24) is 9.62 Å². The summed E-state index contributed by atoms with van der Waals surface area (Å²) in [4.78, 5) is 13.5. The molecule has 0 radical (unpaired) electrons. The van der Waals surface area contributed by atoms with E-state index in [-0.39, 0.29) is 18.9 Å². The molecule has 1 aliphatic heterocycles. The fourth-order valence-electron chi connectivity index (χ4n) is 3.32. The van der Waals surface area contributed by atoms with Gasteiger partial charge in [0.15, 0.2) is 0 Å². The van der Waals surface area contributed by atoms with E-state index in [1.165, 1.54) is 15.6 Å². The Kier molecular flexibility index (Phi) is 5.21. The molecule has 0 aliphatic carbocycles. The maximum absolute atomic E-state index is 12.7. The highest BCUT2D eigenvalue weighted by atomic mass is 32.2. The molecule has 3 atom stereocenters. The largest absolute Gasteiger partial charge is 0.388 e. The van der Waals surface area contributed by atoms with Crippen LogP contribution in [-0.2, 0) is 10.0 Å². The average Bonchev–Trinajstić information content (AvgIpc) is 3.10. The van der Waals surface area contributed by atoms with Gasteiger partial charge in [0.25, 0.3) is 5.91 Å². The van der Waals surface area contributed by atoms with Crippen molar-refractivity contribution in [1.29, 1.82) is 0 Å². The maximum Gasteiger partial charge on any atom is 0.251 e. The molecule has 0 saturated carbocycles. The molecule has 26 heavy (non-hydrogen) atoms. The predicted molar refractivity (Wildman–Crippen MR) is 102 cm³/mol. The molecule has 2 aromatic rings. The fraction of sp³-hybridized carbons (Fsp3) is 0.389. The summed E-state index contributed by atoms with van der Waals surface area (Å²) in [6, 6.07) is 10.9. The number of nitrogens with one attached hydrogen (secondary N) is 1. The van der Waals surface area contributed by atoms with Crippen molar-refractivity contribution in [3.63, 3.8) is 0 Å². The lowest BCUT2D eigenvalue weighted by Crippen LogP contribution is -2.63. The lowest BCUT2D eigenvalue weighted by atomic mass is 9.83. The van der Waals surface area contributed by atoms with Crippen molar-refractivity contribution in [2.75, 3.05) is 12.8 Å². The van der Waals surface area contributed by atoms with Gasteiger partial charge in [-0.25, -0.2) is 8.42 Å². The molecule has 140 valence electrons. The number of sulfonamides is 1. The van der Waals surface area contributed by atoms with Crippen LogP contribution in [0.3, 0.4) is 0 Å². The van der Waals surface area contributed by atoms with Gasteiger partial charge in [-0.15, -0.1) is 11.3 Å². The van der Waals surface area contributed by atoms with Crippen LogP contribution in [0, 0.1) is 0 Å². The summed E-state index contributed by atoms with van der Waals surface area (Å²) >= 11 is 1.41. The highest BCUT2D eigenvalue weighted by Crippen LogP contribution is 2.40. The second-order valence-electron chi connectivity index (χ2n) is 6.76. The molecule has 0 unspecified atom stereocenters. The number of aliphatic hydroxyl groups is 1.